The van der Waals surface area contributed by atoms with Crippen molar-refractivity contribution in [3.05, 3.63) is 34.2 Å². The van der Waals surface area contributed by atoms with Crippen LogP contribution in [0.4, 0.5) is 0 Å². The third kappa shape index (κ3) is 1.90. The van der Waals surface area contributed by atoms with E-state index in [9.17, 15) is 0 Å². The molecule has 0 radical (unpaired) electrons. The Labute approximate surface area is 81.2 Å². The molecule has 1 N–H and O–H groups in total. The number of hydrogen-bond donors (Lipinski definition) is 1. The van der Waals surface area contributed by atoms with Gasteiger partial charge in [-0.1, -0.05) is 17.7 Å². The van der Waals surface area contributed by atoms with Crippen LogP contribution in [0.2, 0.25) is 0 Å². The Bertz CT molecular complexity index is 386. The molecule has 0 aromatic carbocycles. The van der Waals surface area contributed by atoms with Crippen LogP contribution in [0, 0.1) is 22.7 Å². The number of allylic oxidation sites excluding steroid dienone is 4. The van der Waals surface area contributed by atoms with Gasteiger partial charge in [0.25, 0.3) is 0 Å². The highest BCUT2D eigenvalue weighted by atomic mass is 35.5. The molecule has 0 atom stereocenters. The van der Waals surface area contributed by atoms with E-state index < -0.39 is 0 Å². The number of rotatable bonds is 0. The van der Waals surface area contributed by atoms with Gasteiger partial charge in [-0.05, 0) is 18.6 Å². The van der Waals surface area contributed by atoms with E-state index in [1.54, 1.807) is 31.2 Å². The lowest BCUT2D eigenvalue weighted by Crippen LogP contribution is -2.15. The SMILES string of the molecule is CC1=CC=C(Cl)NC1=C(C#N)C#N. The summed E-state index contributed by atoms with van der Waals surface area (Å²) in [5.41, 5.74) is 1.35. The zero-order chi connectivity index (χ0) is 9.84. The molecule has 0 amide bonds. The van der Waals surface area contributed by atoms with Crippen LogP contribution < -0.4 is 5.32 Å². The maximum Gasteiger partial charge on any atom is 0.153 e. The van der Waals surface area contributed by atoms with Crippen molar-refractivity contribution in [2.45, 2.75) is 6.92 Å². The summed E-state index contributed by atoms with van der Waals surface area (Å²) >= 11 is 5.69. The molecule has 3 nitrogen and oxygen atoms in total. The summed E-state index contributed by atoms with van der Waals surface area (Å²) < 4.78 is 0. The molecule has 0 aromatic heterocycles. The van der Waals surface area contributed by atoms with Crippen LogP contribution in [-0.4, -0.2) is 0 Å². The highest BCUT2D eigenvalue weighted by Gasteiger charge is 2.11. The van der Waals surface area contributed by atoms with Gasteiger partial charge in [-0.25, -0.2) is 0 Å². The van der Waals surface area contributed by atoms with Gasteiger partial charge in [-0.2, -0.15) is 10.5 Å². The molecular weight excluding hydrogens is 186 g/mol. The molecule has 64 valence electrons. The Hall–Kier alpha value is -1.71. The van der Waals surface area contributed by atoms with Gasteiger partial charge in [-0.3, -0.25) is 0 Å². The summed E-state index contributed by atoms with van der Waals surface area (Å²) in [6.45, 7) is 1.80. The molecule has 1 heterocycles. The molecule has 4 heteroatoms. The first kappa shape index (κ1) is 9.38. The minimum Gasteiger partial charge on any atom is -0.344 e. The third-order valence-electron chi connectivity index (χ3n) is 1.59. The zero-order valence-electron chi connectivity index (χ0n) is 6.93. The monoisotopic (exact) mass is 191 g/mol. The van der Waals surface area contributed by atoms with Crippen LogP contribution >= 0.6 is 11.6 Å². The Morgan fingerprint density at radius 3 is 2.54 bits per heavy atom. The summed E-state index contributed by atoms with van der Waals surface area (Å²) in [5.74, 6) is 0. The summed E-state index contributed by atoms with van der Waals surface area (Å²) in [6, 6.07) is 3.60. The molecular formula is C9H6ClN3. The fourth-order valence-electron chi connectivity index (χ4n) is 0.938. The topological polar surface area (TPSA) is 59.6 Å². The van der Waals surface area contributed by atoms with Gasteiger partial charge in [0, 0.05) is 0 Å². The molecule has 0 saturated carbocycles. The van der Waals surface area contributed by atoms with Crippen LogP contribution in [0.25, 0.3) is 0 Å². The van der Waals surface area contributed by atoms with Crippen molar-refractivity contribution in [1.82, 2.24) is 5.32 Å². The lowest BCUT2D eigenvalue weighted by molar-refractivity contribution is 1.01. The highest BCUT2D eigenvalue weighted by molar-refractivity contribution is 6.29. The first-order chi connectivity index (χ1) is 6.19. The average Bonchev–Trinajstić information content (AvgIpc) is 2.13. The maximum atomic E-state index is 8.62. The molecule has 0 aliphatic carbocycles. The van der Waals surface area contributed by atoms with Gasteiger partial charge in [0.15, 0.2) is 5.57 Å². The molecule has 13 heavy (non-hydrogen) atoms. The normalized spacial score (nSPS) is 14.6. The lowest BCUT2D eigenvalue weighted by atomic mass is 10.1. The minimum absolute atomic E-state index is 0.0417. The largest absolute Gasteiger partial charge is 0.344 e. The predicted molar refractivity (Wildman–Crippen MR) is 49.1 cm³/mol. The Balaban J connectivity index is 3.20. The molecule has 0 bridgehead atoms. The predicted octanol–water partition coefficient (Wildman–Crippen LogP) is 1.92. The highest BCUT2D eigenvalue weighted by Crippen LogP contribution is 2.18. The van der Waals surface area contributed by atoms with Crippen molar-refractivity contribution in [2.24, 2.45) is 0 Å². The molecule has 0 saturated heterocycles. The summed E-state index contributed by atoms with van der Waals surface area (Å²) in [6.07, 6.45) is 3.43. The van der Waals surface area contributed by atoms with Gasteiger partial charge in [-0.15, -0.1) is 0 Å². The second-order valence-electron chi connectivity index (χ2n) is 2.46. The smallest absolute Gasteiger partial charge is 0.153 e. The molecule has 0 fully saturated rings. The first-order valence-corrected chi connectivity index (χ1v) is 3.92. The van der Waals surface area contributed by atoms with Crippen molar-refractivity contribution in [2.75, 3.05) is 0 Å². The Morgan fingerprint density at radius 2 is 2.00 bits per heavy atom. The number of nitrogens with one attached hydrogen (secondary N) is 1. The van der Waals surface area contributed by atoms with E-state index >= 15 is 0 Å². The van der Waals surface area contributed by atoms with E-state index in [1.165, 1.54) is 0 Å². The molecule has 1 aliphatic rings. The van der Waals surface area contributed by atoms with Crippen LogP contribution in [0.5, 0.6) is 0 Å². The van der Waals surface area contributed by atoms with E-state index in [2.05, 4.69) is 5.32 Å². The second kappa shape index (κ2) is 3.80. The van der Waals surface area contributed by atoms with Crippen LogP contribution in [0.1, 0.15) is 6.92 Å². The Morgan fingerprint density at radius 1 is 1.38 bits per heavy atom. The fourth-order valence-corrected chi connectivity index (χ4v) is 1.10. The minimum atomic E-state index is 0.0417. The van der Waals surface area contributed by atoms with Crippen molar-refractivity contribution in [3.63, 3.8) is 0 Å². The Kier molecular flexibility index (Phi) is 2.74. The zero-order valence-corrected chi connectivity index (χ0v) is 7.68. The average molecular weight is 192 g/mol. The second-order valence-corrected chi connectivity index (χ2v) is 2.87. The van der Waals surface area contributed by atoms with E-state index in [1.807, 2.05) is 0 Å². The van der Waals surface area contributed by atoms with Gasteiger partial charge < -0.3 is 5.32 Å². The molecule has 0 aromatic rings. The maximum absolute atomic E-state index is 8.62. The summed E-state index contributed by atoms with van der Waals surface area (Å²) in [7, 11) is 0. The van der Waals surface area contributed by atoms with E-state index in [4.69, 9.17) is 22.1 Å². The van der Waals surface area contributed by atoms with Gasteiger partial charge in [0.2, 0.25) is 0 Å². The van der Waals surface area contributed by atoms with Crippen LogP contribution in [-0.2, 0) is 0 Å². The van der Waals surface area contributed by atoms with E-state index in [0.29, 0.717) is 10.9 Å². The van der Waals surface area contributed by atoms with Crippen LogP contribution in [0.3, 0.4) is 0 Å². The van der Waals surface area contributed by atoms with Gasteiger partial charge in [0.1, 0.15) is 17.3 Å². The van der Waals surface area contributed by atoms with Crippen LogP contribution in [0.15, 0.2) is 34.2 Å². The summed E-state index contributed by atoms with van der Waals surface area (Å²) in [4.78, 5) is 0. The van der Waals surface area contributed by atoms with Gasteiger partial charge in [0.05, 0.1) is 5.70 Å². The fraction of sp³-hybridized carbons (Fsp3) is 0.111. The molecule has 0 unspecified atom stereocenters. The quantitative estimate of drug-likeness (QED) is 0.470. The number of halogens is 1. The van der Waals surface area contributed by atoms with E-state index in [-0.39, 0.29) is 5.57 Å². The summed E-state index contributed by atoms with van der Waals surface area (Å²) in [5, 5.41) is 20.4. The number of hydrogen-bond acceptors (Lipinski definition) is 3. The van der Waals surface area contributed by atoms with E-state index in [0.717, 1.165) is 5.57 Å². The number of nitriles is 2. The third-order valence-corrected chi connectivity index (χ3v) is 1.81. The molecule has 1 rings (SSSR count). The van der Waals surface area contributed by atoms with Crippen molar-refractivity contribution >= 4 is 11.6 Å². The van der Waals surface area contributed by atoms with Gasteiger partial charge >= 0.3 is 0 Å². The lowest BCUT2D eigenvalue weighted by Gasteiger charge is -2.13. The molecule has 0 spiro atoms. The standard InChI is InChI=1S/C9H6ClN3/c1-6-2-3-8(10)13-9(6)7(4-11)5-12/h2-3,13H,1H3. The van der Waals surface area contributed by atoms with Crippen molar-refractivity contribution < 1.29 is 0 Å². The first-order valence-electron chi connectivity index (χ1n) is 3.55. The number of dihydropyridines is 1. The van der Waals surface area contributed by atoms with Crippen molar-refractivity contribution in [1.29, 1.82) is 10.5 Å². The van der Waals surface area contributed by atoms with Crippen molar-refractivity contribution in [3.8, 4) is 12.1 Å². The number of nitrogens with zero attached hydrogens (tertiary/aromatic N) is 2. The molecule has 1 aliphatic heterocycles.